The lowest BCUT2D eigenvalue weighted by Crippen LogP contribution is -2.40. The van der Waals surface area contributed by atoms with Gasteiger partial charge in [0.2, 0.25) is 10.0 Å². The van der Waals surface area contributed by atoms with Crippen LogP contribution >= 0.6 is 11.6 Å². The van der Waals surface area contributed by atoms with Crippen LogP contribution < -0.4 is 4.72 Å². The van der Waals surface area contributed by atoms with Crippen LogP contribution in [0.3, 0.4) is 0 Å². The summed E-state index contributed by atoms with van der Waals surface area (Å²) in [5.74, 6) is 0. The molecule has 0 aromatic heterocycles. The Hall–Kier alpha value is -1.44. The monoisotopic (exact) mass is 380 g/mol. The lowest BCUT2D eigenvalue weighted by Gasteiger charge is -2.23. The lowest BCUT2D eigenvalue weighted by atomic mass is 10.0. The molecule has 7 heteroatoms. The van der Waals surface area contributed by atoms with Gasteiger partial charge in [-0.2, -0.15) is 5.06 Å². The van der Waals surface area contributed by atoms with Crippen LogP contribution in [0.2, 0.25) is 5.02 Å². The van der Waals surface area contributed by atoms with Crippen LogP contribution in [0.1, 0.15) is 17.2 Å². The summed E-state index contributed by atoms with van der Waals surface area (Å²) >= 11 is 5.93. The van der Waals surface area contributed by atoms with E-state index in [0.717, 1.165) is 11.1 Å². The predicted molar refractivity (Wildman–Crippen MR) is 98.8 cm³/mol. The first-order valence-electron chi connectivity index (χ1n) is 8.11. The van der Waals surface area contributed by atoms with Gasteiger partial charge in [-0.25, -0.2) is 13.1 Å². The molecule has 134 valence electrons. The molecule has 0 radical (unpaired) electrons. The fraction of sp³-hybridized carbons (Fsp3) is 0.333. The molecule has 2 aromatic rings. The maximum absolute atomic E-state index is 12.8. The molecule has 1 aliphatic heterocycles. The van der Waals surface area contributed by atoms with E-state index >= 15 is 0 Å². The second-order valence-corrected chi connectivity index (χ2v) is 8.47. The Bertz CT molecular complexity index is 797. The smallest absolute Gasteiger partial charge is 0.218 e. The summed E-state index contributed by atoms with van der Waals surface area (Å²) in [4.78, 5) is 5.49. The molecule has 25 heavy (non-hydrogen) atoms. The molecular formula is C18H21ClN2O3S. The van der Waals surface area contributed by atoms with Crippen LogP contribution in [-0.2, 0) is 21.3 Å². The number of halogens is 1. The molecular weight excluding hydrogens is 360 g/mol. The molecule has 0 bridgehead atoms. The van der Waals surface area contributed by atoms with Gasteiger partial charge in [0.05, 0.1) is 12.6 Å². The van der Waals surface area contributed by atoms with Crippen molar-refractivity contribution in [3.8, 4) is 0 Å². The van der Waals surface area contributed by atoms with Crippen LogP contribution in [-0.4, -0.2) is 38.9 Å². The minimum absolute atomic E-state index is 0.129. The maximum atomic E-state index is 12.8. The molecule has 0 spiro atoms. The van der Waals surface area contributed by atoms with E-state index in [1.165, 1.54) is 0 Å². The fourth-order valence-corrected chi connectivity index (χ4v) is 4.66. The molecule has 1 N–H and O–H groups in total. The number of nitrogens with zero attached hydrogens (tertiary/aromatic N) is 1. The number of hydrogen-bond acceptors (Lipinski definition) is 4. The van der Waals surface area contributed by atoms with Crippen molar-refractivity contribution in [1.82, 2.24) is 9.79 Å². The summed E-state index contributed by atoms with van der Waals surface area (Å²) in [6, 6.07) is 16.6. The van der Waals surface area contributed by atoms with Gasteiger partial charge in [0, 0.05) is 18.6 Å². The summed E-state index contributed by atoms with van der Waals surface area (Å²) in [6.45, 7) is 0.490. The van der Waals surface area contributed by atoms with Crippen molar-refractivity contribution in [3.05, 3.63) is 70.7 Å². The molecule has 0 saturated carbocycles. The van der Waals surface area contributed by atoms with Gasteiger partial charge in [-0.15, -0.1) is 0 Å². The summed E-state index contributed by atoms with van der Waals surface area (Å²) in [5, 5.41) is 1.55. The number of hydrogen-bond donors (Lipinski definition) is 1. The first-order valence-corrected chi connectivity index (χ1v) is 10.0. The molecule has 2 atom stereocenters. The standard InChI is InChI=1S/C18H21ClN2O3S/c1-21-18(15-7-9-16(19)10-8-15)17(13-24-21)25(22,23)20-12-11-14-5-3-2-4-6-14/h2-10,17-18,20H,11-13H2,1H3/t17-,18+/m1/s1. The van der Waals surface area contributed by atoms with Gasteiger partial charge in [0.25, 0.3) is 0 Å². The number of benzene rings is 2. The summed E-state index contributed by atoms with van der Waals surface area (Å²) in [6.07, 6.45) is 0.648. The first kappa shape index (κ1) is 18.4. The third-order valence-electron chi connectivity index (χ3n) is 4.36. The van der Waals surface area contributed by atoms with E-state index in [1.807, 2.05) is 42.5 Å². The molecule has 0 aliphatic carbocycles. The molecule has 1 saturated heterocycles. The second-order valence-electron chi connectivity index (χ2n) is 6.05. The lowest BCUT2D eigenvalue weighted by molar-refractivity contribution is -0.110. The van der Waals surface area contributed by atoms with Gasteiger partial charge in [-0.1, -0.05) is 54.1 Å². The summed E-state index contributed by atoms with van der Waals surface area (Å²) in [5.41, 5.74) is 1.96. The maximum Gasteiger partial charge on any atom is 0.218 e. The molecule has 0 amide bonds. The largest absolute Gasteiger partial charge is 0.297 e. The van der Waals surface area contributed by atoms with Crippen molar-refractivity contribution >= 4 is 21.6 Å². The number of nitrogens with one attached hydrogen (secondary N) is 1. The Morgan fingerprint density at radius 2 is 1.84 bits per heavy atom. The van der Waals surface area contributed by atoms with Crippen LogP contribution in [0.25, 0.3) is 0 Å². The zero-order chi connectivity index (χ0) is 17.9. The Labute approximate surface area is 153 Å². The van der Waals surface area contributed by atoms with Crippen molar-refractivity contribution in [3.63, 3.8) is 0 Å². The third kappa shape index (κ3) is 4.40. The molecule has 1 aliphatic rings. The number of rotatable bonds is 6. The Balaban J connectivity index is 1.70. The summed E-state index contributed by atoms with van der Waals surface area (Å²) < 4.78 is 28.3. The number of hydroxylamine groups is 2. The van der Waals surface area contributed by atoms with E-state index in [-0.39, 0.29) is 12.6 Å². The van der Waals surface area contributed by atoms with Crippen molar-refractivity contribution in [2.75, 3.05) is 20.2 Å². The third-order valence-corrected chi connectivity index (χ3v) is 6.41. The van der Waals surface area contributed by atoms with E-state index in [9.17, 15) is 8.42 Å². The average molecular weight is 381 g/mol. The van der Waals surface area contributed by atoms with Gasteiger partial charge in [0.1, 0.15) is 5.25 Å². The highest BCUT2D eigenvalue weighted by molar-refractivity contribution is 7.90. The summed E-state index contributed by atoms with van der Waals surface area (Å²) in [7, 11) is -1.77. The first-order chi connectivity index (χ1) is 12.0. The second kappa shape index (κ2) is 7.85. The Morgan fingerprint density at radius 3 is 2.52 bits per heavy atom. The predicted octanol–water partition coefficient (Wildman–Crippen LogP) is 2.79. The van der Waals surface area contributed by atoms with Crippen molar-refractivity contribution in [2.24, 2.45) is 0 Å². The van der Waals surface area contributed by atoms with E-state index in [4.69, 9.17) is 16.4 Å². The molecule has 2 aromatic carbocycles. The van der Waals surface area contributed by atoms with Gasteiger partial charge >= 0.3 is 0 Å². The highest BCUT2D eigenvalue weighted by Gasteiger charge is 2.42. The zero-order valence-corrected chi connectivity index (χ0v) is 15.5. The Kier molecular flexibility index (Phi) is 5.76. The van der Waals surface area contributed by atoms with Crippen LogP contribution in [0.4, 0.5) is 0 Å². The van der Waals surface area contributed by atoms with Gasteiger partial charge in [-0.05, 0) is 29.7 Å². The topological polar surface area (TPSA) is 58.6 Å². The van der Waals surface area contributed by atoms with E-state index in [1.54, 1.807) is 24.2 Å². The average Bonchev–Trinajstić information content (AvgIpc) is 2.99. The van der Waals surface area contributed by atoms with Crippen LogP contribution in [0.5, 0.6) is 0 Å². The minimum atomic E-state index is -3.52. The van der Waals surface area contributed by atoms with E-state index in [2.05, 4.69) is 4.72 Å². The minimum Gasteiger partial charge on any atom is -0.297 e. The normalized spacial score (nSPS) is 21.5. The van der Waals surface area contributed by atoms with Crippen molar-refractivity contribution < 1.29 is 13.3 Å². The van der Waals surface area contributed by atoms with E-state index < -0.39 is 15.3 Å². The van der Waals surface area contributed by atoms with Gasteiger partial charge in [0.15, 0.2) is 0 Å². The fourth-order valence-electron chi connectivity index (χ4n) is 3.03. The zero-order valence-electron chi connectivity index (χ0n) is 13.9. The van der Waals surface area contributed by atoms with Crippen molar-refractivity contribution in [2.45, 2.75) is 17.7 Å². The molecule has 0 unspecified atom stereocenters. The SMILES string of the molecule is CN1OC[C@@H](S(=O)(=O)NCCc2ccccc2)[C@@H]1c1ccc(Cl)cc1. The highest BCUT2D eigenvalue weighted by atomic mass is 35.5. The quantitative estimate of drug-likeness (QED) is 0.837. The van der Waals surface area contributed by atoms with Crippen LogP contribution in [0, 0.1) is 0 Å². The van der Waals surface area contributed by atoms with Crippen molar-refractivity contribution in [1.29, 1.82) is 0 Å². The Morgan fingerprint density at radius 1 is 1.16 bits per heavy atom. The van der Waals surface area contributed by atoms with Crippen LogP contribution in [0.15, 0.2) is 54.6 Å². The molecule has 3 rings (SSSR count). The molecule has 1 fully saturated rings. The van der Waals surface area contributed by atoms with Gasteiger partial charge in [-0.3, -0.25) is 4.84 Å². The highest BCUT2D eigenvalue weighted by Crippen LogP contribution is 2.33. The molecule has 1 heterocycles. The molecule has 5 nitrogen and oxygen atoms in total. The van der Waals surface area contributed by atoms with E-state index in [0.29, 0.717) is 18.0 Å². The van der Waals surface area contributed by atoms with Gasteiger partial charge < -0.3 is 0 Å². The number of sulfonamides is 1.